The minimum absolute atomic E-state index is 0.126. The van der Waals surface area contributed by atoms with Crippen molar-refractivity contribution in [3.05, 3.63) is 107 Å². The number of benzene rings is 3. The molecule has 0 amide bonds. The largest absolute Gasteiger partial charge is 0.611 e. The van der Waals surface area contributed by atoms with Gasteiger partial charge in [-0.05, 0) is 41.5 Å². The van der Waals surface area contributed by atoms with E-state index in [0.29, 0.717) is 21.6 Å². The molecule has 3 aromatic rings. The summed E-state index contributed by atoms with van der Waals surface area (Å²) >= 11 is -1.52. The van der Waals surface area contributed by atoms with E-state index in [2.05, 4.69) is 0 Å². The molecule has 29 heavy (non-hydrogen) atoms. The van der Waals surface area contributed by atoms with Crippen LogP contribution in [0.5, 0.6) is 0 Å². The Morgan fingerprint density at radius 2 is 1.48 bits per heavy atom. The lowest BCUT2D eigenvalue weighted by atomic mass is 9.93. The van der Waals surface area contributed by atoms with Gasteiger partial charge in [0, 0.05) is 16.7 Å². The first-order valence-corrected chi connectivity index (χ1v) is 10.1. The minimum Gasteiger partial charge on any atom is -0.611 e. The highest BCUT2D eigenvalue weighted by atomic mass is 32.2. The van der Waals surface area contributed by atoms with E-state index in [9.17, 15) is 22.5 Å². The molecule has 6 heteroatoms. The molecular formula is C23H15F3O2S. The molecule has 146 valence electrons. The van der Waals surface area contributed by atoms with Gasteiger partial charge in [0.05, 0.1) is 11.1 Å². The number of carbonyl (C=O) groups is 1. The maximum Gasteiger partial charge on any atom is 0.416 e. The number of hydrogen-bond acceptors (Lipinski definition) is 2. The summed E-state index contributed by atoms with van der Waals surface area (Å²) in [6.07, 6.45) is -2.78. The second kappa shape index (κ2) is 7.54. The summed E-state index contributed by atoms with van der Waals surface area (Å²) in [7, 11) is 0. The van der Waals surface area contributed by atoms with Gasteiger partial charge in [0.25, 0.3) is 0 Å². The molecule has 0 aliphatic carbocycles. The molecule has 0 radical (unpaired) electrons. The fraction of sp³-hybridized carbons (Fsp3) is 0.0870. The predicted octanol–water partition coefficient (Wildman–Crippen LogP) is 5.83. The third-order valence-electron chi connectivity index (χ3n) is 4.78. The zero-order valence-corrected chi connectivity index (χ0v) is 15.8. The Labute approximate surface area is 168 Å². The van der Waals surface area contributed by atoms with Crippen molar-refractivity contribution in [3.63, 3.8) is 0 Å². The van der Waals surface area contributed by atoms with E-state index in [4.69, 9.17) is 0 Å². The Balaban J connectivity index is 1.80. The normalized spacial score (nSPS) is 18.7. The molecule has 0 N–H and O–H groups in total. The SMILES string of the molecule is O=C(C1=Cc2ccccc2[S+]([O-])C1c1ccccc1)c1ccc(C(F)(F)F)cc1. The third-order valence-corrected chi connectivity index (χ3v) is 6.54. The molecule has 2 unspecified atom stereocenters. The van der Waals surface area contributed by atoms with Crippen LogP contribution in [0.1, 0.15) is 32.3 Å². The molecule has 4 rings (SSSR count). The lowest BCUT2D eigenvalue weighted by Crippen LogP contribution is -2.24. The summed E-state index contributed by atoms with van der Waals surface area (Å²) < 4.78 is 51.8. The van der Waals surface area contributed by atoms with Gasteiger partial charge < -0.3 is 4.55 Å². The molecule has 0 saturated carbocycles. The van der Waals surface area contributed by atoms with Crippen LogP contribution in [0.3, 0.4) is 0 Å². The molecule has 0 aromatic heterocycles. The number of rotatable bonds is 3. The van der Waals surface area contributed by atoms with Crippen LogP contribution in [0.25, 0.3) is 6.08 Å². The van der Waals surface area contributed by atoms with Crippen LogP contribution in [0.15, 0.2) is 89.3 Å². The van der Waals surface area contributed by atoms with Crippen molar-refractivity contribution in [2.24, 2.45) is 0 Å². The number of hydrogen-bond donors (Lipinski definition) is 0. The molecule has 1 aliphatic heterocycles. The van der Waals surface area contributed by atoms with Crippen molar-refractivity contribution in [1.82, 2.24) is 0 Å². The Morgan fingerprint density at radius 1 is 0.862 bits per heavy atom. The van der Waals surface area contributed by atoms with E-state index in [0.717, 1.165) is 24.3 Å². The predicted molar refractivity (Wildman–Crippen MR) is 106 cm³/mol. The average molecular weight is 412 g/mol. The van der Waals surface area contributed by atoms with Gasteiger partial charge >= 0.3 is 6.18 Å². The van der Waals surface area contributed by atoms with Crippen molar-refractivity contribution in [1.29, 1.82) is 0 Å². The highest BCUT2D eigenvalue weighted by molar-refractivity contribution is 7.92. The van der Waals surface area contributed by atoms with Crippen LogP contribution in [-0.2, 0) is 17.4 Å². The Bertz CT molecular complexity index is 1070. The Hall–Kier alpha value is -2.83. The van der Waals surface area contributed by atoms with Crippen LogP contribution in [-0.4, -0.2) is 10.3 Å². The lowest BCUT2D eigenvalue weighted by Gasteiger charge is -2.28. The average Bonchev–Trinajstić information content (AvgIpc) is 2.73. The van der Waals surface area contributed by atoms with E-state index in [1.807, 2.05) is 6.07 Å². The summed E-state index contributed by atoms with van der Waals surface area (Å²) in [6, 6.07) is 20.2. The number of ketones is 1. The van der Waals surface area contributed by atoms with E-state index >= 15 is 0 Å². The van der Waals surface area contributed by atoms with Gasteiger partial charge in [-0.2, -0.15) is 13.2 Å². The monoisotopic (exact) mass is 412 g/mol. The highest BCUT2D eigenvalue weighted by Gasteiger charge is 2.39. The first-order chi connectivity index (χ1) is 13.9. The molecule has 0 bridgehead atoms. The van der Waals surface area contributed by atoms with Crippen LogP contribution in [0.2, 0.25) is 0 Å². The van der Waals surface area contributed by atoms with E-state index in [1.165, 1.54) is 0 Å². The fourth-order valence-electron chi connectivity index (χ4n) is 3.36. The molecule has 3 aromatic carbocycles. The first kappa shape index (κ1) is 19.5. The van der Waals surface area contributed by atoms with Crippen molar-refractivity contribution in [2.75, 3.05) is 0 Å². The van der Waals surface area contributed by atoms with Gasteiger partial charge in [-0.3, -0.25) is 4.79 Å². The smallest absolute Gasteiger partial charge is 0.416 e. The van der Waals surface area contributed by atoms with Crippen molar-refractivity contribution in [2.45, 2.75) is 16.3 Å². The van der Waals surface area contributed by atoms with Crippen molar-refractivity contribution in [3.8, 4) is 0 Å². The second-order valence-corrected chi connectivity index (χ2v) is 8.14. The lowest BCUT2D eigenvalue weighted by molar-refractivity contribution is -0.137. The van der Waals surface area contributed by atoms with E-state index < -0.39 is 33.9 Å². The topological polar surface area (TPSA) is 40.1 Å². The maximum absolute atomic E-state index is 13.3. The molecule has 0 fully saturated rings. The molecule has 1 heterocycles. The molecule has 0 saturated heterocycles. The zero-order valence-electron chi connectivity index (χ0n) is 15.0. The summed E-state index contributed by atoms with van der Waals surface area (Å²) in [5, 5.41) is -0.694. The number of Topliss-reactive ketones (excluding diaryl/α,β-unsaturated/α-hetero) is 1. The molecule has 0 spiro atoms. The van der Waals surface area contributed by atoms with E-state index in [-0.39, 0.29) is 5.56 Å². The van der Waals surface area contributed by atoms with E-state index in [1.54, 1.807) is 54.6 Å². The van der Waals surface area contributed by atoms with Crippen molar-refractivity contribution >= 4 is 23.0 Å². The molecular weight excluding hydrogens is 397 g/mol. The van der Waals surface area contributed by atoms with Gasteiger partial charge in [0.1, 0.15) is 0 Å². The number of carbonyl (C=O) groups excluding carboxylic acids is 1. The van der Waals surface area contributed by atoms with Gasteiger partial charge in [0.2, 0.25) is 0 Å². The van der Waals surface area contributed by atoms with Crippen LogP contribution < -0.4 is 0 Å². The van der Waals surface area contributed by atoms with Gasteiger partial charge in [-0.25, -0.2) is 0 Å². The summed E-state index contributed by atoms with van der Waals surface area (Å²) in [5.74, 6) is -0.435. The van der Waals surface area contributed by atoms with Gasteiger partial charge in [-0.1, -0.05) is 54.6 Å². The van der Waals surface area contributed by atoms with Gasteiger partial charge in [0.15, 0.2) is 15.9 Å². The number of alkyl halides is 3. The number of fused-ring (bicyclic) bond motifs is 1. The molecule has 2 atom stereocenters. The maximum atomic E-state index is 13.3. The minimum atomic E-state index is -4.47. The third kappa shape index (κ3) is 3.73. The van der Waals surface area contributed by atoms with Crippen LogP contribution >= 0.6 is 0 Å². The fourth-order valence-corrected chi connectivity index (χ4v) is 5.00. The van der Waals surface area contributed by atoms with Crippen LogP contribution in [0, 0.1) is 0 Å². The van der Waals surface area contributed by atoms with Gasteiger partial charge in [-0.15, -0.1) is 0 Å². The Morgan fingerprint density at radius 3 is 2.14 bits per heavy atom. The quantitative estimate of drug-likeness (QED) is 0.401. The van der Waals surface area contributed by atoms with Crippen molar-refractivity contribution < 1.29 is 22.5 Å². The number of halogens is 3. The second-order valence-electron chi connectivity index (χ2n) is 6.63. The Kier molecular flexibility index (Phi) is 5.06. The highest BCUT2D eigenvalue weighted by Crippen LogP contribution is 2.43. The van der Waals surface area contributed by atoms with Crippen LogP contribution in [0.4, 0.5) is 13.2 Å². The zero-order chi connectivity index (χ0) is 20.6. The molecule has 2 nitrogen and oxygen atoms in total. The molecule has 1 aliphatic rings. The summed E-state index contributed by atoms with van der Waals surface area (Å²) in [6.45, 7) is 0. The first-order valence-electron chi connectivity index (χ1n) is 8.84. The summed E-state index contributed by atoms with van der Waals surface area (Å²) in [4.78, 5) is 13.8. The standard InChI is InChI=1S/C23H15F3O2S/c24-23(25,26)18-12-10-15(11-13-18)21(27)19-14-17-8-4-5-9-20(17)29(28)22(19)16-6-2-1-3-7-16/h1-14,22H. The summed E-state index contributed by atoms with van der Waals surface area (Å²) in [5.41, 5.74) is 0.995.